The van der Waals surface area contributed by atoms with Gasteiger partial charge in [0.05, 0.1) is 0 Å². The number of allylic oxidation sites excluding steroid dienone is 1. The molecule has 0 unspecified atom stereocenters. The third kappa shape index (κ3) is 5.03. The van der Waals surface area contributed by atoms with Gasteiger partial charge in [-0.25, -0.2) is 0 Å². The van der Waals surface area contributed by atoms with Crippen LogP contribution in [0.15, 0.2) is 42.5 Å². The maximum atomic E-state index is 10.3. The Balaban J connectivity index is 2.63. The monoisotopic (exact) mass is 248 g/mol. The average molecular weight is 248 g/mol. The van der Waals surface area contributed by atoms with Crippen molar-refractivity contribution in [2.45, 2.75) is 45.3 Å². The lowest BCUT2D eigenvalue weighted by Crippen LogP contribution is -2.20. The van der Waals surface area contributed by atoms with Crippen molar-refractivity contribution in [1.29, 1.82) is 0 Å². The quantitative estimate of drug-likeness (QED) is 0.559. The summed E-state index contributed by atoms with van der Waals surface area (Å²) in [4.78, 5) is 0. The summed E-state index contributed by atoms with van der Waals surface area (Å²) in [5.41, 5.74) is 0.899. The highest BCUT2D eigenvalue weighted by atomic mass is 16.5. The van der Waals surface area contributed by atoms with Crippen LogP contribution in [-0.2, 0) is 4.74 Å². The van der Waals surface area contributed by atoms with E-state index in [1.165, 1.54) is 12.8 Å². The van der Waals surface area contributed by atoms with E-state index in [9.17, 15) is 5.11 Å². The van der Waals surface area contributed by atoms with Gasteiger partial charge in [-0.3, -0.25) is 0 Å². The summed E-state index contributed by atoms with van der Waals surface area (Å²) in [5.74, 6) is 0. The van der Waals surface area contributed by atoms with Gasteiger partial charge in [-0.1, -0.05) is 62.2 Å². The number of benzene rings is 1. The fourth-order valence-corrected chi connectivity index (χ4v) is 1.84. The van der Waals surface area contributed by atoms with Crippen LogP contribution in [0.2, 0.25) is 0 Å². The SMILES string of the molecule is CCCC/C=C\[C@H](OCC)[C@H](O)c1ccccc1. The van der Waals surface area contributed by atoms with Crippen molar-refractivity contribution in [3.05, 3.63) is 48.0 Å². The number of hydrogen-bond donors (Lipinski definition) is 1. The van der Waals surface area contributed by atoms with Gasteiger partial charge < -0.3 is 9.84 Å². The molecule has 1 N–H and O–H groups in total. The molecule has 0 bridgehead atoms. The summed E-state index contributed by atoms with van der Waals surface area (Å²) >= 11 is 0. The lowest BCUT2D eigenvalue weighted by Gasteiger charge is -2.20. The Morgan fingerprint density at radius 3 is 2.56 bits per heavy atom. The van der Waals surface area contributed by atoms with E-state index in [0.717, 1.165) is 12.0 Å². The van der Waals surface area contributed by atoms with Crippen molar-refractivity contribution in [2.75, 3.05) is 6.61 Å². The van der Waals surface area contributed by atoms with E-state index in [0.29, 0.717) is 6.61 Å². The molecule has 18 heavy (non-hydrogen) atoms. The van der Waals surface area contributed by atoms with Crippen molar-refractivity contribution in [1.82, 2.24) is 0 Å². The second kappa shape index (κ2) is 8.90. The molecular weight excluding hydrogens is 224 g/mol. The van der Waals surface area contributed by atoms with Crippen LogP contribution in [0, 0.1) is 0 Å². The highest BCUT2D eigenvalue weighted by Gasteiger charge is 2.17. The normalized spacial score (nSPS) is 14.8. The first-order valence-corrected chi connectivity index (χ1v) is 6.80. The van der Waals surface area contributed by atoms with Crippen LogP contribution in [0.1, 0.15) is 44.8 Å². The van der Waals surface area contributed by atoms with Gasteiger partial charge in [0.25, 0.3) is 0 Å². The molecule has 0 aliphatic carbocycles. The molecule has 1 aromatic rings. The molecule has 0 amide bonds. The summed E-state index contributed by atoms with van der Waals surface area (Å²) in [5, 5.41) is 10.3. The smallest absolute Gasteiger partial charge is 0.109 e. The maximum absolute atomic E-state index is 10.3. The van der Waals surface area contributed by atoms with Crippen molar-refractivity contribution in [3.63, 3.8) is 0 Å². The van der Waals surface area contributed by atoms with E-state index in [1.807, 2.05) is 43.3 Å². The number of aliphatic hydroxyl groups excluding tert-OH is 1. The van der Waals surface area contributed by atoms with Crippen molar-refractivity contribution in [2.24, 2.45) is 0 Å². The highest BCUT2D eigenvalue weighted by Crippen LogP contribution is 2.20. The van der Waals surface area contributed by atoms with E-state index >= 15 is 0 Å². The minimum atomic E-state index is -0.593. The first-order valence-electron chi connectivity index (χ1n) is 6.80. The fourth-order valence-electron chi connectivity index (χ4n) is 1.84. The van der Waals surface area contributed by atoms with Crippen LogP contribution < -0.4 is 0 Å². The Morgan fingerprint density at radius 2 is 1.94 bits per heavy atom. The topological polar surface area (TPSA) is 29.5 Å². The summed E-state index contributed by atoms with van der Waals surface area (Å²) in [7, 11) is 0. The second-order valence-corrected chi connectivity index (χ2v) is 4.35. The molecule has 1 rings (SSSR count). The van der Waals surface area contributed by atoms with Crippen LogP contribution in [0.3, 0.4) is 0 Å². The Hall–Kier alpha value is -1.12. The van der Waals surface area contributed by atoms with E-state index in [4.69, 9.17) is 4.74 Å². The van der Waals surface area contributed by atoms with Gasteiger partial charge in [-0.05, 0) is 18.9 Å². The van der Waals surface area contributed by atoms with Gasteiger partial charge in [0.1, 0.15) is 12.2 Å². The molecule has 1 aromatic carbocycles. The van der Waals surface area contributed by atoms with Gasteiger partial charge in [-0.2, -0.15) is 0 Å². The molecule has 2 nitrogen and oxygen atoms in total. The number of unbranched alkanes of at least 4 members (excludes halogenated alkanes) is 2. The largest absolute Gasteiger partial charge is 0.385 e. The van der Waals surface area contributed by atoms with E-state index in [1.54, 1.807) is 0 Å². The Labute approximate surface area is 110 Å². The van der Waals surface area contributed by atoms with Crippen molar-refractivity contribution in [3.8, 4) is 0 Å². The zero-order valence-electron chi connectivity index (χ0n) is 11.4. The van der Waals surface area contributed by atoms with Crippen LogP contribution in [0.4, 0.5) is 0 Å². The molecule has 0 saturated heterocycles. The van der Waals surface area contributed by atoms with E-state index < -0.39 is 6.10 Å². The first kappa shape index (κ1) is 14.9. The molecule has 0 aromatic heterocycles. The van der Waals surface area contributed by atoms with Crippen molar-refractivity contribution >= 4 is 0 Å². The Bertz CT molecular complexity index is 332. The van der Waals surface area contributed by atoms with Gasteiger partial charge in [0.2, 0.25) is 0 Å². The summed E-state index contributed by atoms with van der Waals surface area (Å²) in [6, 6.07) is 9.67. The maximum Gasteiger partial charge on any atom is 0.109 e. The molecule has 2 heteroatoms. The van der Waals surface area contributed by atoms with Crippen LogP contribution >= 0.6 is 0 Å². The molecule has 0 spiro atoms. The zero-order valence-corrected chi connectivity index (χ0v) is 11.4. The third-order valence-electron chi connectivity index (χ3n) is 2.86. The van der Waals surface area contributed by atoms with Crippen LogP contribution in [0.25, 0.3) is 0 Å². The number of ether oxygens (including phenoxy) is 1. The van der Waals surface area contributed by atoms with Crippen LogP contribution in [-0.4, -0.2) is 17.8 Å². The van der Waals surface area contributed by atoms with Gasteiger partial charge in [0.15, 0.2) is 0 Å². The standard InChI is InChI=1S/C16H24O2/c1-3-5-6-10-13-15(18-4-2)16(17)14-11-8-7-9-12-14/h7-13,15-17H,3-6H2,1-2H3/b13-10-/t15-,16+/m0/s1. The molecule has 0 fully saturated rings. The molecule has 0 aliphatic rings. The van der Waals surface area contributed by atoms with Gasteiger partial charge >= 0.3 is 0 Å². The predicted octanol–water partition coefficient (Wildman–Crippen LogP) is 3.87. The fraction of sp³-hybridized carbons (Fsp3) is 0.500. The Morgan fingerprint density at radius 1 is 1.22 bits per heavy atom. The van der Waals surface area contributed by atoms with E-state index in [-0.39, 0.29) is 6.10 Å². The predicted molar refractivity (Wildman–Crippen MR) is 75.5 cm³/mol. The molecule has 100 valence electrons. The molecule has 0 heterocycles. The number of rotatable bonds is 8. The lowest BCUT2D eigenvalue weighted by molar-refractivity contribution is -0.00589. The molecule has 0 aliphatic heterocycles. The van der Waals surface area contributed by atoms with Crippen LogP contribution in [0.5, 0.6) is 0 Å². The summed E-state index contributed by atoms with van der Waals surface area (Å²) < 4.78 is 5.60. The number of aliphatic hydroxyl groups is 1. The zero-order chi connectivity index (χ0) is 13.2. The highest BCUT2D eigenvalue weighted by molar-refractivity contribution is 5.20. The molecule has 0 radical (unpaired) electrons. The average Bonchev–Trinajstić information content (AvgIpc) is 2.42. The lowest BCUT2D eigenvalue weighted by atomic mass is 10.0. The third-order valence-corrected chi connectivity index (χ3v) is 2.86. The molecular formula is C16H24O2. The minimum absolute atomic E-state index is 0.255. The molecule has 0 saturated carbocycles. The first-order chi connectivity index (χ1) is 8.79. The Kier molecular flexibility index (Phi) is 7.38. The summed E-state index contributed by atoms with van der Waals surface area (Å²) in [6.45, 7) is 4.73. The van der Waals surface area contributed by atoms with Gasteiger partial charge in [0, 0.05) is 6.61 Å². The number of hydrogen-bond acceptors (Lipinski definition) is 2. The van der Waals surface area contributed by atoms with E-state index in [2.05, 4.69) is 13.0 Å². The minimum Gasteiger partial charge on any atom is -0.385 e. The summed E-state index contributed by atoms with van der Waals surface area (Å²) in [6.07, 6.45) is 6.65. The van der Waals surface area contributed by atoms with Gasteiger partial charge in [-0.15, -0.1) is 0 Å². The van der Waals surface area contributed by atoms with Crippen molar-refractivity contribution < 1.29 is 9.84 Å². The second-order valence-electron chi connectivity index (χ2n) is 4.35. The molecule has 2 atom stereocenters.